The highest BCUT2D eigenvalue weighted by Crippen LogP contribution is 2.43. The molecule has 5 unspecified atom stereocenters. The smallest absolute Gasteiger partial charge is 0.0101 e. The fourth-order valence-corrected chi connectivity index (χ4v) is 3.10. The highest BCUT2D eigenvalue weighted by molar-refractivity contribution is 4.94. The maximum Gasteiger partial charge on any atom is 0.0101 e. The Hall–Kier alpha value is -0.0800. The van der Waals surface area contributed by atoms with Gasteiger partial charge in [-0.25, -0.2) is 0 Å². The van der Waals surface area contributed by atoms with Gasteiger partial charge in [-0.05, 0) is 44.9 Å². The second-order valence-electron chi connectivity index (χ2n) is 5.49. The molecule has 5 atom stereocenters. The van der Waals surface area contributed by atoms with Gasteiger partial charge in [0.05, 0.1) is 0 Å². The van der Waals surface area contributed by atoms with Crippen LogP contribution in [0.3, 0.4) is 0 Å². The minimum atomic E-state index is 0.449. The maximum atomic E-state index is 5.98. The topological polar surface area (TPSA) is 29.3 Å². The van der Waals surface area contributed by atoms with E-state index in [4.69, 9.17) is 5.73 Å². The molecule has 1 saturated carbocycles. The molecule has 0 aromatic rings. The van der Waals surface area contributed by atoms with Crippen molar-refractivity contribution in [2.75, 3.05) is 6.54 Å². The molecule has 2 aliphatic rings. The van der Waals surface area contributed by atoms with E-state index in [0.29, 0.717) is 12.1 Å². The van der Waals surface area contributed by atoms with E-state index in [0.717, 1.165) is 17.9 Å². The molecule has 1 heterocycles. The Morgan fingerprint density at radius 2 is 1.93 bits per heavy atom. The largest absolute Gasteiger partial charge is 0.328 e. The second kappa shape index (κ2) is 3.82. The lowest BCUT2D eigenvalue weighted by molar-refractivity contribution is 0.0906. The Labute approximate surface area is 87.8 Å². The number of rotatable bonds is 2. The van der Waals surface area contributed by atoms with E-state index in [2.05, 4.69) is 25.7 Å². The third-order valence-corrected chi connectivity index (χ3v) is 4.28. The standard InChI is InChI=1S/C12H24N2/c1-8-6-12(8)10(3)14-5-4-11(13)7-9(14)2/h8-12H,4-7,13H2,1-3H3. The first kappa shape index (κ1) is 10.4. The number of likely N-dealkylation sites (tertiary alicyclic amines) is 1. The normalized spacial score (nSPS) is 46.3. The van der Waals surface area contributed by atoms with Gasteiger partial charge in [0.15, 0.2) is 0 Å². The molecular formula is C12H24N2. The second-order valence-corrected chi connectivity index (χ2v) is 5.49. The van der Waals surface area contributed by atoms with E-state index in [1.165, 1.54) is 25.8 Å². The Bertz CT molecular complexity index is 204. The van der Waals surface area contributed by atoms with Gasteiger partial charge in [-0.2, -0.15) is 0 Å². The Morgan fingerprint density at radius 3 is 2.43 bits per heavy atom. The zero-order valence-electron chi connectivity index (χ0n) is 9.74. The Balaban J connectivity index is 1.90. The average molecular weight is 196 g/mol. The van der Waals surface area contributed by atoms with Gasteiger partial charge in [-0.1, -0.05) is 6.92 Å². The summed E-state index contributed by atoms with van der Waals surface area (Å²) < 4.78 is 0. The summed E-state index contributed by atoms with van der Waals surface area (Å²) in [6, 6.07) is 1.93. The summed E-state index contributed by atoms with van der Waals surface area (Å²) in [5, 5.41) is 0. The quantitative estimate of drug-likeness (QED) is 0.730. The van der Waals surface area contributed by atoms with E-state index >= 15 is 0 Å². The van der Waals surface area contributed by atoms with Crippen molar-refractivity contribution in [3.05, 3.63) is 0 Å². The number of hydrogen-bond donors (Lipinski definition) is 1. The Morgan fingerprint density at radius 1 is 1.29 bits per heavy atom. The van der Waals surface area contributed by atoms with Crippen molar-refractivity contribution >= 4 is 0 Å². The molecular weight excluding hydrogens is 172 g/mol. The average Bonchev–Trinajstić information content (AvgIpc) is 2.81. The lowest BCUT2D eigenvalue weighted by Crippen LogP contribution is -2.50. The van der Waals surface area contributed by atoms with E-state index in [-0.39, 0.29) is 0 Å². The third-order valence-electron chi connectivity index (χ3n) is 4.28. The molecule has 82 valence electrons. The lowest BCUT2D eigenvalue weighted by atomic mass is 9.96. The van der Waals surface area contributed by atoms with Crippen LogP contribution in [0.5, 0.6) is 0 Å². The van der Waals surface area contributed by atoms with Crippen LogP contribution in [0.15, 0.2) is 0 Å². The Kier molecular flexibility index (Phi) is 2.85. The first-order chi connectivity index (χ1) is 6.59. The molecule has 0 spiro atoms. The minimum Gasteiger partial charge on any atom is -0.328 e. The zero-order chi connectivity index (χ0) is 10.3. The highest BCUT2D eigenvalue weighted by atomic mass is 15.2. The zero-order valence-corrected chi connectivity index (χ0v) is 9.74. The van der Waals surface area contributed by atoms with E-state index in [9.17, 15) is 0 Å². The van der Waals surface area contributed by atoms with Crippen molar-refractivity contribution in [1.82, 2.24) is 4.90 Å². The van der Waals surface area contributed by atoms with Crippen LogP contribution >= 0.6 is 0 Å². The molecule has 14 heavy (non-hydrogen) atoms. The molecule has 2 N–H and O–H groups in total. The molecule has 0 aromatic heterocycles. The maximum absolute atomic E-state index is 5.98. The molecule has 2 nitrogen and oxygen atoms in total. The van der Waals surface area contributed by atoms with E-state index in [1.54, 1.807) is 0 Å². The molecule has 2 fully saturated rings. The molecule has 2 heteroatoms. The van der Waals surface area contributed by atoms with Crippen molar-refractivity contribution in [3.63, 3.8) is 0 Å². The van der Waals surface area contributed by atoms with Gasteiger partial charge in [-0.3, -0.25) is 4.90 Å². The lowest BCUT2D eigenvalue weighted by Gasteiger charge is -2.40. The minimum absolute atomic E-state index is 0.449. The van der Waals surface area contributed by atoms with Crippen molar-refractivity contribution in [1.29, 1.82) is 0 Å². The molecule has 0 bridgehead atoms. The van der Waals surface area contributed by atoms with E-state index < -0.39 is 0 Å². The van der Waals surface area contributed by atoms with Crippen LogP contribution in [0.25, 0.3) is 0 Å². The summed E-state index contributed by atoms with van der Waals surface area (Å²) >= 11 is 0. The van der Waals surface area contributed by atoms with Crippen LogP contribution in [-0.2, 0) is 0 Å². The van der Waals surface area contributed by atoms with Gasteiger partial charge < -0.3 is 5.73 Å². The van der Waals surface area contributed by atoms with Crippen molar-refractivity contribution in [3.8, 4) is 0 Å². The number of piperidine rings is 1. The number of nitrogens with zero attached hydrogens (tertiary/aromatic N) is 1. The summed E-state index contributed by atoms with van der Waals surface area (Å²) in [6.45, 7) is 8.33. The molecule has 1 aliphatic heterocycles. The number of hydrogen-bond acceptors (Lipinski definition) is 2. The number of nitrogens with two attached hydrogens (primary N) is 1. The molecule has 1 saturated heterocycles. The summed E-state index contributed by atoms with van der Waals surface area (Å²) in [6.07, 6.45) is 3.82. The van der Waals surface area contributed by atoms with Crippen LogP contribution in [0, 0.1) is 11.8 Å². The fourth-order valence-electron chi connectivity index (χ4n) is 3.10. The predicted octanol–water partition coefficient (Wildman–Crippen LogP) is 1.84. The molecule has 2 rings (SSSR count). The summed E-state index contributed by atoms with van der Waals surface area (Å²) in [7, 11) is 0. The van der Waals surface area contributed by atoms with E-state index in [1.807, 2.05) is 0 Å². The van der Waals surface area contributed by atoms with Crippen LogP contribution in [0.4, 0.5) is 0 Å². The first-order valence-corrected chi connectivity index (χ1v) is 6.11. The van der Waals surface area contributed by atoms with Crippen LogP contribution in [-0.4, -0.2) is 29.6 Å². The van der Waals surface area contributed by atoms with Crippen molar-refractivity contribution in [2.45, 2.75) is 58.2 Å². The summed E-state index contributed by atoms with van der Waals surface area (Å²) in [5.41, 5.74) is 5.98. The van der Waals surface area contributed by atoms with Crippen molar-refractivity contribution < 1.29 is 0 Å². The summed E-state index contributed by atoms with van der Waals surface area (Å²) in [5.74, 6) is 1.93. The predicted molar refractivity (Wildman–Crippen MR) is 60.1 cm³/mol. The third kappa shape index (κ3) is 1.96. The molecule has 0 aromatic carbocycles. The first-order valence-electron chi connectivity index (χ1n) is 6.11. The van der Waals surface area contributed by atoms with Gasteiger partial charge in [0, 0.05) is 24.7 Å². The van der Waals surface area contributed by atoms with Crippen molar-refractivity contribution in [2.24, 2.45) is 17.6 Å². The summed E-state index contributed by atoms with van der Waals surface area (Å²) in [4.78, 5) is 2.68. The van der Waals surface area contributed by atoms with Gasteiger partial charge in [0.1, 0.15) is 0 Å². The molecule has 0 amide bonds. The SMILES string of the molecule is CC1CC1C(C)N1CCC(N)CC1C. The van der Waals surface area contributed by atoms with Gasteiger partial charge in [-0.15, -0.1) is 0 Å². The van der Waals surface area contributed by atoms with Crippen LogP contribution in [0.1, 0.15) is 40.0 Å². The molecule has 1 aliphatic carbocycles. The fraction of sp³-hybridized carbons (Fsp3) is 1.00. The monoisotopic (exact) mass is 196 g/mol. The van der Waals surface area contributed by atoms with Gasteiger partial charge in [0.25, 0.3) is 0 Å². The highest BCUT2D eigenvalue weighted by Gasteiger charge is 2.41. The molecule has 0 radical (unpaired) electrons. The van der Waals surface area contributed by atoms with Crippen LogP contribution in [0.2, 0.25) is 0 Å². The van der Waals surface area contributed by atoms with Crippen LogP contribution < -0.4 is 5.73 Å². The van der Waals surface area contributed by atoms with Gasteiger partial charge >= 0.3 is 0 Å². The van der Waals surface area contributed by atoms with Gasteiger partial charge in [0.2, 0.25) is 0 Å².